The maximum absolute atomic E-state index is 13.1. The van der Waals surface area contributed by atoms with Crippen LogP contribution in [0.5, 0.6) is 0 Å². The van der Waals surface area contributed by atoms with Crippen molar-refractivity contribution in [2.45, 2.75) is 6.18 Å². The Morgan fingerprint density at radius 2 is 1.79 bits per heavy atom. The van der Waals surface area contributed by atoms with Gasteiger partial charge in [-0.3, -0.25) is 4.98 Å². The van der Waals surface area contributed by atoms with Crippen LogP contribution in [0.2, 0.25) is 0 Å². The van der Waals surface area contributed by atoms with Gasteiger partial charge in [0.2, 0.25) is 0 Å². The Hall–Kier alpha value is -3.75. The van der Waals surface area contributed by atoms with E-state index < -0.39 is 11.9 Å². The first-order chi connectivity index (χ1) is 13.5. The van der Waals surface area contributed by atoms with E-state index in [0.29, 0.717) is 28.1 Å². The van der Waals surface area contributed by atoms with E-state index in [0.717, 1.165) is 11.5 Å². The van der Waals surface area contributed by atoms with Crippen molar-refractivity contribution in [2.24, 2.45) is 0 Å². The number of nitrogens with one attached hydrogen (secondary N) is 1. The van der Waals surface area contributed by atoms with E-state index in [9.17, 15) is 13.2 Å². The maximum Gasteiger partial charge on any atom is 0.431 e. The molecule has 0 aromatic carbocycles. The lowest BCUT2D eigenvalue weighted by atomic mass is 10.1. The zero-order valence-electron chi connectivity index (χ0n) is 14.1. The summed E-state index contributed by atoms with van der Waals surface area (Å²) in [7, 11) is 0. The molecule has 0 aliphatic carbocycles. The minimum absolute atomic E-state index is 0.127. The van der Waals surface area contributed by atoms with Gasteiger partial charge < -0.3 is 9.55 Å². The highest BCUT2D eigenvalue weighted by atomic mass is 19.4. The van der Waals surface area contributed by atoms with Crippen molar-refractivity contribution in [2.75, 3.05) is 0 Å². The Kier molecular flexibility index (Phi) is 3.45. The number of halogens is 3. The number of fused-ring (bicyclic) bond motifs is 2. The molecule has 0 aliphatic heterocycles. The highest BCUT2D eigenvalue weighted by Gasteiger charge is 2.33. The molecule has 0 radical (unpaired) electrons. The summed E-state index contributed by atoms with van der Waals surface area (Å²) in [6.45, 7) is 0. The summed E-state index contributed by atoms with van der Waals surface area (Å²) in [5.41, 5.74) is 0.307. The molecular formula is C19H11F3N6. The summed E-state index contributed by atoms with van der Waals surface area (Å²) >= 11 is 0. The van der Waals surface area contributed by atoms with E-state index in [1.54, 1.807) is 24.5 Å². The van der Waals surface area contributed by atoms with Gasteiger partial charge in [0.15, 0.2) is 5.82 Å². The van der Waals surface area contributed by atoms with Gasteiger partial charge >= 0.3 is 6.18 Å². The average molecular weight is 380 g/mol. The van der Waals surface area contributed by atoms with Gasteiger partial charge in [-0.25, -0.2) is 15.0 Å². The largest absolute Gasteiger partial charge is 0.431 e. The smallest absolute Gasteiger partial charge is 0.336 e. The fourth-order valence-electron chi connectivity index (χ4n) is 3.13. The Morgan fingerprint density at radius 3 is 2.57 bits per heavy atom. The van der Waals surface area contributed by atoms with Crippen LogP contribution in [0.25, 0.3) is 39.1 Å². The molecular weight excluding hydrogens is 369 g/mol. The second kappa shape index (κ2) is 5.88. The van der Waals surface area contributed by atoms with Crippen molar-refractivity contribution in [3.8, 4) is 17.2 Å². The molecule has 5 heterocycles. The van der Waals surface area contributed by atoms with E-state index in [-0.39, 0.29) is 5.65 Å². The van der Waals surface area contributed by atoms with Crippen molar-refractivity contribution in [3.05, 3.63) is 67.0 Å². The highest BCUT2D eigenvalue weighted by molar-refractivity contribution is 5.94. The molecule has 0 spiro atoms. The third-order valence-electron chi connectivity index (χ3n) is 4.41. The number of H-pyrrole nitrogens is 1. The van der Waals surface area contributed by atoms with Crippen LogP contribution in [0.3, 0.4) is 0 Å². The second-order valence-corrected chi connectivity index (χ2v) is 6.16. The third-order valence-corrected chi connectivity index (χ3v) is 4.41. The van der Waals surface area contributed by atoms with Gasteiger partial charge in [-0.1, -0.05) is 0 Å². The Bertz CT molecular complexity index is 1300. The molecule has 0 atom stereocenters. The van der Waals surface area contributed by atoms with Crippen LogP contribution in [0.1, 0.15) is 5.69 Å². The third kappa shape index (κ3) is 2.59. The van der Waals surface area contributed by atoms with Gasteiger partial charge in [0, 0.05) is 41.1 Å². The summed E-state index contributed by atoms with van der Waals surface area (Å²) in [6, 6.07) is 8.16. The molecule has 138 valence electrons. The quantitative estimate of drug-likeness (QED) is 0.493. The Morgan fingerprint density at radius 1 is 0.964 bits per heavy atom. The van der Waals surface area contributed by atoms with Crippen molar-refractivity contribution < 1.29 is 13.2 Å². The minimum Gasteiger partial charge on any atom is -0.336 e. The fourth-order valence-corrected chi connectivity index (χ4v) is 3.13. The molecule has 5 aromatic rings. The molecule has 0 amide bonds. The predicted octanol–water partition coefficient (Wildman–Crippen LogP) is 4.38. The number of aromatic nitrogens is 6. The zero-order valence-corrected chi connectivity index (χ0v) is 14.1. The number of alkyl halides is 3. The first-order valence-corrected chi connectivity index (χ1v) is 8.31. The molecule has 9 heteroatoms. The molecule has 6 nitrogen and oxygen atoms in total. The molecule has 1 N–H and O–H groups in total. The maximum atomic E-state index is 13.1. The molecule has 5 rings (SSSR count). The van der Waals surface area contributed by atoms with Gasteiger partial charge in [0.1, 0.15) is 17.2 Å². The van der Waals surface area contributed by atoms with Crippen molar-refractivity contribution in [1.29, 1.82) is 0 Å². The van der Waals surface area contributed by atoms with Crippen molar-refractivity contribution in [1.82, 2.24) is 29.5 Å². The molecule has 0 aliphatic rings. The molecule has 0 fully saturated rings. The minimum atomic E-state index is -4.50. The molecule has 5 aromatic heterocycles. The van der Waals surface area contributed by atoms with Crippen molar-refractivity contribution in [3.63, 3.8) is 0 Å². The number of rotatable bonds is 2. The lowest BCUT2D eigenvalue weighted by Gasteiger charge is -2.10. The summed E-state index contributed by atoms with van der Waals surface area (Å²) < 4.78 is 41.2. The molecule has 0 saturated carbocycles. The van der Waals surface area contributed by atoms with Gasteiger partial charge in [-0.05, 0) is 30.3 Å². The second-order valence-electron chi connectivity index (χ2n) is 6.16. The van der Waals surface area contributed by atoms with E-state index >= 15 is 0 Å². The Labute approximate surface area is 155 Å². The van der Waals surface area contributed by atoms with Crippen LogP contribution in [0.4, 0.5) is 13.2 Å². The monoisotopic (exact) mass is 380 g/mol. The summed E-state index contributed by atoms with van der Waals surface area (Å²) in [5, 5.41) is 1.09. The molecule has 28 heavy (non-hydrogen) atoms. The van der Waals surface area contributed by atoms with Crippen LogP contribution in [0, 0.1) is 0 Å². The normalized spacial score (nSPS) is 12.1. The first-order valence-electron chi connectivity index (χ1n) is 8.31. The number of aromatic amines is 1. The van der Waals surface area contributed by atoms with Crippen LogP contribution >= 0.6 is 0 Å². The highest BCUT2D eigenvalue weighted by Crippen LogP contribution is 2.34. The summed E-state index contributed by atoms with van der Waals surface area (Å²) in [4.78, 5) is 19.6. The van der Waals surface area contributed by atoms with Crippen LogP contribution < -0.4 is 0 Å². The Balaban J connectivity index is 1.79. The van der Waals surface area contributed by atoms with Crippen LogP contribution in [0.15, 0.2) is 61.3 Å². The van der Waals surface area contributed by atoms with Gasteiger partial charge in [-0.2, -0.15) is 13.2 Å². The van der Waals surface area contributed by atoms with Crippen LogP contribution in [-0.2, 0) is 6.18 Å². The van der Waals surface area contributed by atoms with E-state index in [4.69, 9.17) is 0 Å². The molecule has 0 saturated heterocycles. The summed E-state index contributed by atoms with van der Waals surface area (Å²) in [5.74, 6) is 0.910. The molecule has 0 unspecified atom stereocenters. The standard InChI is InChI=1S/C19H11F3N6/c20-19(21,22)15-9-13-11(4-6-24-16(13)26-15)17-25-14-10-23-5-3-12(14)18(27-17)28-7-1-2-8-28/h1-10H,(H,24,26). The number of pyridine rings is 2. The van der Waals surface area contributed by atoms with E-state index in [1.165, 1.54) is 6.20 Å². The van der Waals surface area contributed by atoms with Crippen LogP contribution in [-0.4, -0.2) is 29.5 Å². The first kappa shape index (κ1) is 16.4. The van der Waals surface area contributed by atoms with Gasteiger partial charge in [0.25, 0.3) is 0 Å². The lowest BCUT2D eigenvalue weighted by Crippen LogP contribution is -2.04. The lowest BCUT2D eigenvalue weighted by molar-refractivity contribution is -0.140. The van der Waals surface area contributed by atoms with Crippen molar-refractivity contribution >= 4 is 21.9 Å². The van der Waals surface area contributed by atoms with Gasteiger partial charge in [-0.15, -0.1) is 0 Å². The number of hydrogen-bond acceptors (Lipinski definition) is 4. The zero-order chi connectivity index (χ0) is 19.3. The van der Waals surface area contributed by atoms with E-state index in [2.05, 4.69) is 24.9 Å². The number of hydrogen-bond donors (Lipinski definition) is 1. The SMILES string of the molecule is FC(F)(F)c1cc2c(-c3nc(-n4cccc4)c4ccncc4n3)ccnc2[nH]1. The fraction of sp³-hybridized carbons (Fsp3) is 0.0526. The summed E-state index contributed by atoms with van der Waals surface area (Å²) in [6.07, 6.45) is 3.86. The average Bonchev–Trinajstić information content (AvgIpc) is 3.36. The topological polar surface area (TPSA) is 72.3 Å². The van der Waals surface area contributed by atoms with Gasteiger partial charge in [0.05, 0.1) is 11.7 Å². The molecule has 0 bridgehead atoms. The number of nitrogens with zero attached hydrogens (tertiary/aromatic N) is 5. The predicted molar refractivity (Wildman–Crippen MR) is 96.7 cm³/mol. The van der Waals surface area contributed by atoms with E-state index in [1.807, 2.05) is 29.1 Å².